The van der Waals surface area contributed by atoms with Crippen molar-refractivity contribution in [1.82, 2.24) is 4.98 Å². The normalized spacial score (nSPS) is 17.4. The summed E-state index contributed by atoms with van der Waals surface area (Å²) in [5, 5.41) is 1.01. The fourth-order valence-electron chi connectivity index (χ4n) is 2.74. The highest BCUT2D eigenvalue weighted by molar-refractivity contribution is 6.37. The molecule has 2 rings (SSSR count). The Bertz CT molecular complexity index is 477. The molecular weight excluding hydrogens is 295 g/mol. The number of hydrogen-bond donors (Lipinski definition) is 2. The van der Waals surface area contributed by atoms with Gasteiger partial charge in [-0.1, -0.05) is 44.0 Å². The highest BCUT2D eigenvalue weighted by Gasteiger charge is 2.30. The number of rotatable bonds is 2. The van der Waals surface area contributed by atoms with Crippen molar-refractivity contribution < 1.29 is 0 Å². The number of anilines is 2. The van der Waals surface area contributed by atoms with Gasteiger partial charge in [0.2, 0.25) is 0 Å². The zero-order valence-electron chi connectivity index (χ0n) is 12.2. The van der Waals surface area contributed by atoms with E-state index in [-0.39, 0.29) is 0 Å². The summed E-state index contributed by atoms with van der Waals surface area (Å²) in [4.78, 5) is 6.64. The second-order valence-electron chi connectivity index (χ2n) is 6.40. The van der Waals surface area contributed by atoms with Gasteiger partial charge < -0.3 is 10.3 Å². The van der Waals surface area contributed by atoms with Gasteiger partial charge in [-0.15, -0.1) is 0 Å². The van der Waals surface area contributed by atoms with Gasteiger partial charge in [0, 0.05) is 13.1 Å². The molecule has 6 heteroatoms. The van der Waals surface area contributed by atoms with E-state index in [0.717, 1.165) is 37.7 Å². The van der Waals surface area contributed by atoms with E-state index in [4.69, 9.17) is 29.0 Å². The number of hydrogen-bond acceptors (Lipinski definition) is 4. The summed E-state index contributed by atoms with van der Waals surface area (Å²) in [6, 6.07) is 1.69. The molecule has 0 aliphatic carbocycles. The average molecular weight is 317 g/mol. The van der Waals surface area contributed by atoms with Crippen LogP contribution in [0.1, 0.15) is 33.6 Å². The summed E-state index contributed by atoms with van der Waals surface area (Å²) in [7, 11) is 0. The molecule has 0 amide bonds. The number of hydrazine groups is 1. The van der Waals surface area contributed by atoms with E-state index in [9.17, 15) is 0 Å². The molecule has 112 valence electrons. The van der Waals surface area contributed by atoms with E-state index in [1.165, 1.54) is 0 Å². The van der Waals surface area contributed by atoms with Crippen LogP contribution in [0.25, 0.3) is 0 Å². The molecule has 0 spiro atoms. The summed E-state index contributed by atoms with van der Waals surface area (Å²) < 4.78 is 0. The first-order valence-corrected chi connectivity index (χ1v) is 7.66. The molecule has 1 saturated heterocycles. The number of nitrogens with zero attached hydrogens (tertiary/aromatic N) is 2. The van der Waals surface area contributed by atoms with Crippen LogP contribution in [-0.2, 0) is 0 Å². The molecule has 0 atom stereocenters. The van der Waals surface area contributed by atoms with Crippen LogP contribution in [0.2, 0.25) is 10.0 Å². The lowest BCUT2D eigenvalue weighted by Crippen LogP contribution is -2.38. The molecule has 20 heavy (non-hydrogen) atoms. The number of nitrogens with two attached hydrogens (primary N) is 1. The monoisotopic (exact) mass is 316 g/mol. The van der Waals surface area contributed by atoms with Crippen molar-refractivity contribution in [2.24, 2.45) is 17.2 Å². The van der Waals surface area contributed by atoms with Crippen molar-refractivity contribution in [1.29, 1.82) is 0 Å². The molecule has 1 fully saturated rings. The minimum atomic E-state index is 0.354. The molecule has 3 N–H and O–H groups in total. The van der Waals surface area contributed by atoms with Crippen molar-refractivity contribution in [2.45, 2.75) is 33.6 Å². The summed E-state index contributed by atoms with van der Waals surface area (Å²) in [5.74, 6) is 7.38. The van der Waals surface area contributed by atoms with Gasteiger partial charge in [0.15, 0.2) is 5.82 Å². The molecule has 0 bridgehead atoms. The third kappa shape index (κ3) is 3.30. The molecule has 1 aliphatic rings. The van der Waals surface area contributed by atoms with Gasteiger partial charge in [0.25, 0.3) is 0 Å². The number of halogens is 2. The van der Waals surface area contributed by atoms with Crippen molar-refractivity contribution in [3.05, 3.63) is 16.1 Å². The smallest absolute Gasteiger partial charge is 0.161 e. The molecule has 0 unspecified atom stereocenters. The maximum Gasteiger partial charge on any atom is 0.161 e. The SMILES string of the molecule is CC(C)(C)C1CCN(c2nc(NN)c(Cl)cc2Cl)CC1. The lowest BCUT2D eigenvalue weighted by atomic mass is 9.75. The lowest BCUT2D eigenvalue weighted by Gasteiger charge is -2.39. The van der Waals surface area contributed by atoms with Gasteiger partial charge in [0.05, 0.1) is 10.0 Å². The van der Waals surface area contributed by atoms with E-state index in [0.29, 0.717) is 21.3 Å². The Balaban J connectivity index is 2.15. The van der Waals surface area contributed by atoms with Crippen LogP contribution in [0.15, 0.2) is 6.07 Å². The number of nitrogens with one attached hydrogen (secondary N) is 1. The summed E-state index contributed by atoms with van der Waals surface area (Å²) in [5.41, 5.74) is 2.86. The van der Waals surface area contributed by atoms with E-state index in [1.54, 1.807) is 6.07 Å². The summed E-state index contributed by atoms with van der Waals surface area (Å²) in [6.45, 7) is 8.83. The fraction of sp³-hybridized carbons (Fsp3) is 0.643. The Morgan fingerprint density at radius 2 is 1.85 bits per heavy atom. The predicted octanol–water partition coefficient (Wildman–Crippen LogP) is 3.94. The van der Waals surface area contributed by atoms with Gasteiger partial charge in [-0.2, -0.15) is 0 Å². The lowest BCUT2D eigenvalue weighted by molar-refractivity contribution is 0.199. The quantitative estimate of drug-likeness (QED) is 0.641. The first kappa shape index (κ1) is 15.7. The highest BCUT2D eigenvalue weighted by Crippen LogP contribution is 2.37. The molecule has 4 nitrogen and oxygen atoms in total. The van der Waals surface area contributed by atoms with E-state index in [1.807, 2.05) is 0 Å². The zero-order chi connectivity index (χ0) is 14.9. The maximum absolute atomic E-state index is 6.26. The van der Waals surface area contributed by atoms with Gasteiger partial charge in [0.1, 0.15) is 5.82 Å². The van der Waals surface area contributed by atoms with E-state index in [2.05, 4.69) is 36.1 Å². The van der Waals surface area contributed by atoms with Gasteiger partial charge >= 0.3 is 0 Å². The standard InChI is InChI=1S/C14H22Cl2N4/c1-14(2,3)9-4-6-20(7-5-9)13-11(16)8-10(15)12(18-13)19-17/h8-9H,4-7,17H2,1-3H3,(H,18,19). The minimum Gasteiger partial charge on any atom is -0.355 e. The second kappa shape index (κ2) is 5.96. The molecule has 1 aromatic rings. The van der Waals surface area contributed by atoms with Crippen LogP contribution in [0.4, 0.5) is 11.6 Å². The Kier molecular flexibility index (Phi) is 4.67. The third-order valence-electron chi connectivity index (χ3n) is 4.07. The first-order chi connectivity index (χ1) is 9.32. The Hall–Kier alpha value is -0.710. The summed E-state index contributed by atoms with van der Waals surface area (Å²) >= 11 is 12.3. The molecule has 1 aliphatic heterocycles. The van der Waals surface area contributed by atoms with Crippen LogP contribution in [0.3, 0.4) is 0 Å². The minimum absolute atomic E-state index is 0.354. The second-order valence-corrected chi connectivity index (χ2v) is 7.21. The summed E-state index contributed by atoms with van der Waals surface area (Å²) in [6.07, 6.45) is 2.30. The van der Waals surface area contributed by atoms with Crippen molar-refractivity contribution in [3.63, 3.8) is 0 Å². The molecular formula is C14H22Cl2N4. The number of pyridine rings is 1. The van der Waals surface area contributed by atoms with E-state index >= 15 is 0 Å². The molecule has 0 aromatic carbocycles. The van der Waals surface area contributed by atoms with Crippen molar-refractivity contribution in [2.75, 3.05) is 23.4 Å². The first-order valence-electron chi connectivity index (χ1n) is 6.90. The number of nitrogen functional groups attached to an aromatic ring is 1. The molecule has 2 heterocycles. The Morgan fingerprint density at radius 3 is 2.35 bits per heavy atom. The largest absolute Gasteiger partial charge is 0.355 e. The number of piperidine rings is 1. The average Bonchev–Trinajstić information content (AvgIpc) is 2.38. The van der Waals surface area contributed by atoms with Crippen LogP contribution >= 0.6 is 23.2 Å². The fourth-order valence-corrected chi connectivity index (χ4v) is 3.27. The Morgan fingerprint density at radius 1 is 1.25 bits per heavy atom. The predicted molar refractivity (Wildman–Crippen MR) is 86.5 cm³/mol. The van der Waals surface area contributed by atoms with Crippen molar-refractivity contribution in [3.8, 4) is 0 Å². The highest BCUT2D eigenvalue weighted by atomic mass is 35.5. The topological polar surface area (TPSA) is 54.2 Å². The van der Waals surface area contributed by atoms with Gasteiger partial charge in [-0.3, -0.25) is 0 Å². The van der Waals surface area contributed by atoms with Crippen molar-refractivity contribution >= 4 is 34.8 Å². The number of aromatic nitrogens is 1. The van der Waals surface area contributed by atoms with Crippen LogP contribution in [0, 0.1) is 11.3 Å². The molecule has 1 aromatic heterocycles. The van der Waals surface area contributed by atoms with Crippen LogP contribution in [0.5, 0.6) is 0 Å². The van der Waals surface area contributed by atoms with Gasteiger partial charge in [-0.05, 0) is 30.2 Å². The van der Waals surface area contributed by atoms with Crippen LogP contribution in [-0.4, -0.2) is 18.1 Å². The molecule has 0 saturated carbocycles. The molecule has 0 radical (unpaired) electrons. The van der Waals surface area contributed by atoms with E-state index < -0.39 is 0 Å². The zero-order valence-corrected chi connectivity index (χ0v) is 13.7. The third-order valence-corrected chi connectivity index (χ3v) is 4.63. The Labute approximate surface area is 130 Å². The van der Waals surface area contributed by atoms with Crippen LogP contribution < -0.4 is 16.2 Å². The maximum atomic E-state index is 6.26. The van der Waals surface area contributed by atoms with Gasteiger partial charge in [-0.25, -0.2) is 10.8 Å².